The van der Waals surface area contributed by atoms with Gasteiger partial charge < -0.3 is 15.3 Å². The minimum Gasteiger partial charge on any atom is -0.480 e. The lowest BCUT2D eigenvalue weighted by molar-refractivity contribution is -0.143. The molecule has 2 rings (SSSR count). The monoisotopic (exact) mass is 310 g/mol. The number of benzene rings is 1. The zero-order valence-corrected chi connectivity index (χ0v) is 12.6. The van der Waals surface area contributed by atoms with Crippen LogP contribution in [0.15, 0.2) is 24.3 Å². The molecule has 0 bridgehead atoms. The Hall–Kier alpha value is -1.75. The maximum Gasteiger partial charge on any atom is 0.326 e. The average molecular weight is 311 g/mol. The number of rotatable bonds is 3. The zero-order chi connectivity index (χ0) is 15.4. The Morgan fingerprint density at radius 2 is 2.19 bits per heavy atom. The standard InChI is InChI=1S/C15H19ClN2O3/c1-10(11-5-4-6-12(16)9-11)17-15(21)18-8-3-2-7-13(18)14(19)20/h4-6,9-10,13H,2-3,7-8H2,1H3,(H,17,21)(H,19,20). The second-order valence-electron chi connectivity index (χ2n) is 5.27. The van der Waals surface area contributed by atoms with Gasteiger partial charge in [-0.3, -0.25) is 0 Å². The summed E-state index contributed by atoms with van der Waals surface area (Å²) in [7, 11) is 0. The van der Waals surface area contributed by atoms with E-state index in [1.807, 2.05) is 19.1 Å². The van der Waals surface area contributed by atoms with Gasteiger partial charge in [-0.2, -0.15) is 0 Å². The predicted molar refractivity (Wildman–Crippen MR) is 80.4 cm³/mol. The minimum absolute atomic E-state index is 0.229. The maximum absolute atomic E-state index is 12.3. The molecule has 0 saturated carbocycles. The third-order valence-corrected chi connectivity index (χ3v) is 3.97. The molecule has 2 atom stereocenters. The quantitative estimate of drug-likeness (QED) is 0.901. The Kier molecular flexibility index (Phi) is 5.07. The predicted octanol–water partition coefficient (Wildman–Crippen LogP) is 3.05. The summed E-state index contributed by atoms with van der Waals surface area (Å²) >= 11 is 5.94. The van der Waals surface area contributed by atoms with Gasteiger partial charge >= 0.3 is 12.0 Å². The molecule has 114 valence electrons. The summed E-state index contributed by atoms with van der Waals surface area (Å²) < 4.78 is 0. The van der Waals surface area contributed by atoms with E-state index in [0.717, 1.165) is 18.4 Å². The van der Waals surface area contributed by atoms with Crippen molar-refractivity contribution in [2.24, 2.45) is 0 Å². The van der Waals surface area contributed by atoms with Crippen LogP contribution in [0.4, 0.5) is 4.79 Å². The van der Waals surface area contributed by atoms with Crippen molar-refractivity contribution >= 4 is 23.6 Å². The molecule has 1 heterocycles. The number of halogens is 1. The van der Waals surface area contributed by atoms with E-state index in [0.29, 0.717) is 18.0 Å². The topological polar surface area (TPSA) is 69.6 Å². The Morgan fingerprint density at radius 3 is 2.86 bits per heavy atom. The van der Waals surface area contributed by atoms with Gasteiger partial charge in [-0.05, 0) is 43.9 Å². The fraction of sp³-hybridized carbons (Fsp3) is 0.467. The summed E-state index contributed by atoms with van der Waals surface area (Å²) in [4.78, 5) is 24.9. The molecule has 2 N–H and O–H groups in total. The smallest absolute Gasteiger partial charge is 0.326 e. The van der Waals surface area contributed by atoms with Crippen molar-refractivity contribution in [3.63, 3.8) is 0 Å². The fourth-order valence-corrected chi connectivity index (χ4v) is 2.76. The second kappa shape index (κ2) is 6.80. The fourth-order valence-electron chi connectivity index (χ4n) is 2.56. The summed E-state index contributed by atoms with van der Waals surface area (Å²) in [5.74, 6) is -0.944. The minimum atomic E-state index is -0.944. The number of carboxylic acids is 1. The number of piperidine rings is 1. The van der Waals surface area contributed by atoms with Crippen molar-refractivity contribution in [1.82, 2.24) is 10.2 Å². The van der Waals surface area contributed by atoms with Crippen molar-refractivity contribution in [1.29, 1.82) is 0 Å². The van der Waals surface area contributed by atoms with Gasteiger partial charge in [0, 0.05) is 11.6 Å². The molecule has 1 aromatic rings. The molecule has 1 aliphatic heterocycles. The first kappa shape index (κ1) is 15.6. The highest BCUT2D eigenvalue weighted by Gasteiger charge is 2.32. The number of nitrogens with one attached hydrogen (secondary N) is 1. The number of carbonyl (C=O) groups excluding carboxylic acids is 1. The van der Waals surface area contributed by atoms with E-state index < -0.39 is 12.0 Å². The number of carbonyl (C=O) groups is 2. The third kappa shape index (κ3) is 3.88. The van der Waals surface area contributed by atoms with Crippen LogP contribution in [0.5, 0.6) is 0 Å². The van der Waals surface area contributed by atoms with Crippen LogP contribution >= 0.6 is 11.6 Å². The Bertz CT molecular complexity index is 535. The van der Waals surface area contributed by atoms with E-state index in [4.69, 9.17) is 11.6 Å². The van der Waals surface area contributed by atoms with Crippen LogP contribution in [0, 0.1) is 0 Å². The van der Waals surface area contributed by atoms with E-state index in [1.165, 1.54) is 4.90 Å². The van der Waals surface area contributed by atoms with Crippen LogP contribution in [0.3, 0.4) is 0 Å². The van der Waals surface area contributed by atoms with Gasteiger partial charge in [-0.25, -0.2) is 9.59 Å². The highest BCUT2D eigenvalue weighted by atomic mass is 35.5. The SMILES string of the molecule is CC(NC(=O)N1CCCCC1C(=O)O)c1cccc(Cl)c1. The van der Waals surface area contributed by atoms with Crippen molar-refractivity contribution in [3.05, 3.63) is 34.9 Å². The summed E-state index contributed by atoms with van der Waals surface area (Å²) in [6.07, 6.45) is 2.18. The van der Waals surface area contributed by atoms with Crippen LogP contribution < -0.4 is 5.32 Å². The lowest BCUT2D eigenvalue weighted by Crippen LogP contribution is -2.52. The lowest BCUT2D eigenvalue weighted by atomic mass is 10.0. The van der Waals surface area contributed by atoms with Gasteiger partial charge in [0.2, 0.25) is 0 Å². The van der Waals surface area contributed by atoms with Gasteiger partial charge in [0.25, 0.3) is 0 Å². The number of likely N-dealkylation sites (tertiary alicyclic amines) is 1. The van der Waals surface area contributed by atoms with Gasteiger partial charge in [-0.1, -0.05) is 23.7 Å². The van der Waals surface area contributed by atoms with E-state index >= 15 is 0 Å². The number of urea groups is 1. The van der Waals surface area contributed by atoms with Gasteiger partial charge in [0.1, 0.15) is 6.04 Å². The zero-order valence-electron chi connectivity index (χ0n) is 11.9. The molecular weight excluding hydrogens is 292 g/mol. The van der Waals surface area contributed by atoms with Gasteiger partial charge in [0.05, 0.1) is 6.04 Å². The Balaban J connectivity index is 2.04. The first-order valence-electron chi connectivity index (χ1n) is 7.04. The van der Waals surface area contributed by atoms with Gasteiger partial charge in [-0.15, -0.1) is 0 Å². The summed E-state index contributed by atoms with van der Waals surface area (Å²) in [5, 5.41) is 12.7. The molecular formula is C15H19ClN2O3. The van der Waals surface area contributed by atoms with Crippen LogP contribution in [0.2, 0.25) is 5.02 Å². The number of nitrogens with zero attached hydrogens (tertiary/aromatic N) is 1. The number of carboxylic acid groups (broad SMARTS) is 1. The largest absolute Gasteiger partial charge is 0.480 e. The lowest BCUT2D eigenvalue weighted by Gasteiger charge is -2.33. The average Bonchev–Trinajstić information content (AvgIpc) is 2.47. The number of amides is 2. The molecule has 2 amide bonds. The molecule has 0 spiro atoms. The molecule has 1 fully saturated rings. The number of aliphatic carboxylic acids is 1. The van der Waals surface area contributed by atoms with Gasteiger partial charge in [0.15, 0.2) is 0 Å². The Labute approximate surface area is 128 Å². The van der Waals surface area contributed by atoms with Crippen molar-refractivity contribution in [2.75, 3.05) is 6.54 Å². The third-order valence-electron chi connectivity index (χ3n) is 3.74. The highest BCUT2D eigenvalue weighted by molar-refractivity contribution is 6.30. The first-order valence-corrected chi connectivity index (χ1v) is 7.42. The molecule has 0 aromatic heterocycles. The number of hydrogen-bond acceptors (Lipinski definition) is 2. The second-order valence-corrected chi connectivity index (χ2v) is 5.71. The summed E-state index contributed by atoms with van der Waals surface area (Å²) in [6.45, 7) is 2.33. The Morgan fingerprint density at radius 1 is 1.43 bits per heavy atom. The van der Waals surface area contributed by atoms with Crippen molar-refractivity contribution < 1.29 is 14.7 Å². The normalized spacial score (nSPS) is 19.9. The highest BCUT2D eigenvalue weighted by Crippen LogP contribution is 2.20. The van der Waals surface area contributed by atoms with E-state index in [-0.39, 0.29) is 12.1 Å². The molecule has 2 unspecified atom stereocenters. The van der Waals surface area contributed by atoms with Crippen LogP contribution in [0.1, 0.15) is 37.8 Å². The maximum atomic E-state index is 12.3. The van der Waals surface area contributed by atoms with Crippen LogP contribution in [-0.4, -0.2) is 34.6 Å². The summed E-state index contributed by atoms with van der Waals surface area (Å²) in [5.41, 5.74) is 0.889. The molecule has 0 aliphatic carbocycles. The summed E-state index contributed by atoms with van der Waals surface area (Å²) in [6, 6.07) is 5.96. The molecule has 6 heteroatoms. The van der Waals surface area contributed by atoms with Crippen LogP contribution in [0.25, 0.3) is 0 Å². The molecule has 0 radical (unpaired) electrons. The molecule has 1 aliphatic rings. The van der Waals surface area contributed by atoms with Crippen molar-refractivity contribution in [2.45, 2.75) is 38.3 Å². The molecule has 5 nitrogen and oxygen atoms in total. The van der Waals surface area contributed by atoms with Crippen LogP contribution in [-0.2, 0) is 4.79 Å². The molecule has 21 heavy (non-hydrogen) atoms. The van der Waals surface area contributed by atoms with E-state index in [1.54, 1.807) is 12.1 Å². The van der Waals surface area contributed by atoms with Crippen molar-refractivity contribution in [3.8, 4) is 0 Å². The molecule has 1 saturated heterocycles. The first-order chi connectivity index (χ1) is 9.99. The van der Waals surface area contributed by atoms with E-state index in [9.17, 15) is 14.7 Å². The molecule has 1 aromatic carbocycles. The van der Waals surface area contributed by atoms with E-state index in [2.05, 4.69) is 5.32 Å². The number of hydrogen-bond donors (Lipinski definition) is 2.